The van der Waals surface area contributed by atoms with Gasteiger partial charge in [0.1, 0.15) is 4.21 Å². The maximum absolute atomic E-state index is 12.3. The van der Waals surface area contributed by atoms with Gasteiger partial charge in [-0.1, -0.05) is 17.7 Å². The standard InChI is InChI=1S/C14H13ClN2O3S2/c15-9-2-3-10-8(7-9)1-4-11(10)17-14(18)12-5-6-13(21-12)22(16,19)20/h2-3,5-7,11H,1,4H2,(H,17,18)(H2,16,19,20)/t11-/m1/s1. The monoisotopic (exact) mass is 356 g/mol. The van der Waals surface area contributed by atoms with Crippen molar-refractivity contribution in [2.75, 3.05) is 0 Å². The van der Waals surface area contributed by atoms with Crippen LogP contribution in [0.4, 0.5) is 0 Å². The summed E-state index contributed by atoms with van der Waals surface area (Å²) in [6.45, 7) is 0. The van der Waals surface area contributed by atoms with Gasteiger partial charge >= 0.3 is 0 Å². The van der Waals surface area contributed by atoms with Crippen LogP contribution in [0.5, 0.6) is 0 Å². The molecule has 1 atom stereocenters. The molecule has 5 nitrogen and oxygen atoms in total. The molecular weight excluding hydrogens is 344 g/mol. The van der Waals surface area contributed by atoms with E-state index in [4.69, 9.17) is 16.7 Å². The zero-order chi connectivity index (χ0) is 15.9. The Bertz CT molecular complexity index is 846. The molecule has 116 valence electrons. The van der Waals surface area contributed by atoms with Crippen molar-refractivity contribution in [3.8, 4) is 0 Å². The van der Waals surface area contributed by atoms with E-state index < -0.39 is 10.0 Å². The van der Waals surface area contributed by atoms with E-state index in [1.54, 1.807) is 6.07 Å². The predicted molar refractivity (Wildman–Crippen MR) is 85.7 cm³/mol. The summed E-state index contributed by atoms with van der Waals surface area (Å²) in [5.41, 5.74) is 2.19. The van der Waals surface area contributed by atoms with Gasteiger partial charge in [-0.05, 0) is 48.2 Å². The Morgan fingerprint density at radius 3 is 2.77 bits per heavy atom. The second-order valence-electron chi connectivity index (χ2n) is 5.07. The Morgan fingerprint density at radius 1 is 1.32 bits per heavy atom. The molecule has 1 heterocycles. The molecule has 1 amide bonds. The quantitative estimate of drug-likeness (QED) is 0.885. The van der Waals surface area contributed by atoms with Crippen molar-refractivity contribution in [1.82, 2.24) is 5.32 Å². The third kappa shape index (κ3) is 3.03. The van der Waals surface area contributed by atoms with Crippen LogP contribution in [-0.2, 0) is 16.4 Å². The third-order valence-corrected chi connectivity index (χ3v) is 6.33. The largest absolute Gasteiger partial charge is 0.345 e. The molecule has 1 aromatic carbocycles. The lowest BCUT2D eigenvalue weighted by atomic mass is 10.1. The number of halogens is 1. The molecule has 0 spiro atoms. The summed E-state index contributed by atoms with van der Waals surface area (Å²) in [4.78, 5) is 12.6. The minimum atomic E-state index is -3.77. The first-order chi connectivity index (χ1) is 10.3. The number of benzene rings is 1. The number of thiophene rings is 1. The number of hydrogen-bond donors (Lipinski definition) is 2. The molecule has 0 saturated carbocycles. The number of sulfonamides is 1. The number of nitrogens with one attached hydrogen (secondary N) is 1. The van der Waals surface area contributed by atoms with Gasteiger partial charge in [-0.2, -0.15) is 0 Å². The highest BCUT2D eigenvalue weighted by Gasteiger charge is 2.25. The van der Waals surface area contributed by atoms with Gasteiger partial charge in [-0.3, -0.25) is 4.79 Å². The van der Waals surface area contributed by atoms with Crippen LogP contribution in [0.15, 0.2) is 34.5 Å². The van der Waals surface area contributed by atoms with Crippen molar-refractivity contribution >= 4 is 38.9 Å². The number of aryl methyl sites for hydroxylation is 1. The topological polar surface area (TPSA) is 89.3 Å². The van der Waals surface area contributed by atoms with Crippen LogP contribution in [0.3, 0.4) is 0 Å². The highest BCUT2D eigenvalue weighted by molar-refractivity contribution is 7.91. The van der Waals surface area contributed by atoms with Gasteiger partial charge in [0, 0.05) is 5.02 Å². The summed E-state index contributed by atoms with van der Waals surface area (Å²) in [5, 5.41) is 8.66. The number of carbonyl (C=O) groups excluding carboxylic acids is 1. The molecule has 2 aromatic rings. The second-order valence-corrected chi connectivity index (χ2v) is 8.38. The minimum absolute atomic E-state index is 0.0174. The van der Waals surface area contributed by atoms with E-state index in [2.05, 4.69) is 5.32 Å². The Morgan fingerprint density at radius 2 is 2.09 bits per heavy atom. The lowest BCUT2D eigenvalue weighted by Gasteiger charge is -2.13. The molecular formula is C14H13ClN2O3S2. The van der Waals surface area contributed by atoms with E-state index in [-0.39, 0.29) is 16.2 Å². The van der Waals surface area contributed by atoms with Crippen molar-refractivity contribution in [2.45, 2.75) is 23.1 Å². The van der Waals surface area contributed by atoms with Crippen molar-refractivity contribution in [2.24, 2.45) is 5.14 Å². The normalized spacial score (nSPS) is 17.3. The van der Waals surface area contributed by atoms with Crippen LogP contribution >= 0.6 is 22.9 Å². The van der Waals surface area contributed by atoms with Crippen LogP contribution in [-0.4, -0.2) is 14.3 Å². The third-order valence-electron chi connectivity index (χ3n) is 3.57. The van der Waals surface area contributed by atoms with Gasteiger partial charge in [-0.25, -0.2) is 13.6 Å². The van der Waals surface area contributed by atoms with Gasteiger partial charge in [0.25, 0.3) is 5.91 Å². The average Bonchev–Trinajstić information content (AvgIpc) is 3.05. The van der Waals surface area contributed by atoms with E-state index in [1.807, 2.05) is 12.1 Å². The predicted octanol–water partition coefficient (Wildman–Crippen LogP) is 2.47. The summed E-state index contributed by atoms with van der Waals surface area (Å²) in [6, 6.07) is 8.36. The molecule has 8 heteroatoms. The van der Waals surface area contributed by atoms with E-state index in [1.165, 1.54) is 12.1 Å². The summed E-state index contributed by atoms with van der Waals surface area (Å²) in [7, 11) is -3.77. The molecule has 0 bridgehead atoms. The smallest absolute Gasteiger partial charge is 0.261 e. The van der Waals surface area contributed by atoms with E-state index in [0.717, 1.165) is 35.3 Å². The fourth-order valence-corrected chi connectivity index (χ4v) is 4.39. The number of fused-ring (bicyclic) bond motifs is 1. The second kappa shape index (κ2) is 5.66. The first-order valence-electron chi connectivity index (χ1n) is 6.56. The maximum atomic E-state index is 12.3. The molecule has 3 rings (SSSR count). The number of rotatable bonds is 3. The molecule has 1 aliphatic carbocycles. The minimum Gasteiger partial charge on any atom is -0.345 e. The SMILES string of the molecule is NS(=O)(=O)c1ccc(C(=O)N[C@@H]2CCc3cc(Cl)ccc32)s1. The molecule has 1 aliphatic rings. The highest BCUT2D eigenvalue weighted by atomic mass is 35.5. The van der Waals surface area contributed by atoms with Crippen LogP contribution < -0.4 is 10.5 Å². The van der Waals surface area contributed by atoms with Crippen molar-refractivity contribution in [3.05, 3.63) is 51.4 Å². The molecule has 0 fully saturated rings. The molecule has 3 N–H and O–H groups in total. The molecule has 0 saturated heterocycles. The molecule has 0 unspecified atom stereocenters. The van der Waals surface area contributed by atoms with Crippen molar-refractivity contribution in [1.29, 1.82) is 0 Å². The summed E-state index contributed by atoms with van der Waals surface area (Å²) >= 11 is 6.83. The first kappa shape index (κ1) is 15.5. The number of carbonyl (C=O) groups is 1. The summed E-state index contributed by atoms with van der Waals surface area (Å²) in [6.07, 6.45) is 1.66. The van der Waals surface area contributed by atoms with Crippen LogP contribution in [0.25, 0.3) is 0 Å². The lowest BCUT2D eigenvalue weighted by molar-refractivity contribution is 0.0941. The van der Waals surface area contributed by atoms with Gasteiger partial charge in [0.05, 0.1) is 10.9 Å². The Kier molecular flexibility index (Phi) is 3.98. The fourth-order valence-electron chi connectivity index (χ4n) is 2.56. The number of hydrogen-bond acceptors (Lipinski definition) is 4. The van der Waals surface area contributed by atoms with Crippen molar-refractivity contribution < 1.29 is 13.2 Å². The van der Waals surface area contributed by atoms with Crippen LogP contribution in [0.1, 0.15) is 33.3 Å². The Labute approximate surface area is 137 Å². The average molecular weight is 357 g/mol. The number of amides is 1. The van der Waals surface area contributed by atoms with Gasteiger partial charge in [0.2, 0.25) is 10.0 Å². The summed E-state index contributed by atoms with van der Waals surface area (Å²) in [5.74, 6) is -0.298. The fraction of sp³-hybridized carbons (Fsp3) is 0.214. The molecule has 22 heavy (non-hydrogen) atoms. The van der Waals surface area contributed by atoms with Crippen LogP contribution in [0, 0.1) is 0 Å². The maximum Gasteiger partial charge on any atom is 0.261 e. The van der Waals surface area contributed by atoms with Crippen LogP contribution in [0.2, 0.25) is 5.02 Å². The van der Waals surface area contributed by atoms with E-state index in [9.17, 15) is 13.2 Å². The first-order valence-corrected chi connectivity index (χ1v) is 9.30. The lowest BCUT2D eigenvalue weighted by Crippen LogP contribution is -2.26. The molecule has 0 aliphatic heterocycles. The highest BCUT2D eigenvalue weighted by Crippen LogP contribution is 2.33. The Hall–Kier alpha value is -1.41. The van der Waals surface area contributed by atoms with Crippen molar-refractivity contribution in [3.63, 3.8) is 0 Å². The van der Waals surface area contributed by atoms with Gasteiger partial charge in [0.15, 0.2) is 0 Å². The number of primary sulfonamides is 1. The number of nitrogens with two attached hydrogens (primary N) is 1. The Balaban J connectivity index is 1.78. The van der Waals surface area contributed by atoms with Gasteiger partial charge < -0.3 is 5.32 Å². The summed E-state index contributed by atoms with van der Waals surface area (Å²) < 4.78 is 22.5. The van der Waals surface area contributed by atoms with E-state index in [0.29, 0.717) is 9.90 Å². The molecule has 1 aromatic heterocycles. The zero-order valence-corrected chi connectivity index (χ0v) is 13.8. The van der Waals surface area contributed by atoms with E-state index >= 15 is 0 Å². The molecule has 0 radical (unpaired) electrons. The van der Waals surface area contributed by atoms with Gasteiger partial charge in [-0.15, -0.1) is 11.3 Å². The zero-order valence-electron chi connectivity index (χ0n) is 11.4.